The molecule has 2 aromatic carbocycles. The molecule has 2 fully saturated rings. The lowest BCUT2D eigenvalue weighted by Gasteiger charge is -2.29. The molecule has 3 aromatic rings. The van der Waals surface area contributed by atoms with Gasteiger partial charge in [-0.2, -0.15) is 0 Å². The van der Waals surface area contributed by atoms with E-state index in [-0.39, 0.29) is 51.3 Å². The molecule has 2 saturated heterocycles. The lowest BCUT2D eigenvalue weighted by molar-refractivity contribution is -0.142. The zero-order chi connectivity index (χ0) is 30.5. The van der Waals surface area contributed by atoms with E-state index in [2.05, 4.69) is 20.9 Å². The number of fused-ring (bicyclic) bond motifs is 2. The standard InChI is InChI=1S/C31H36N6O6/c1-19(38)36-12-11-32-29(41)25(13-20-7-3-2-4-8-20)35-30(42)27-15-22(39)17-37(27)31(43)26(34-28(40)18-36)14-21-16-33-24-10-6-5-9-23(21)24/h2-10,16,22,25-27,33,39H,11-15,17-18H2,1H3,(H,32,41)(H,34,40)(H,35,42)/t22-,25+,26-,27+/m1/s1. The van der Waals surface area contributed by atoms with Gasteiger partial charge in [0.2, 0.25) is 29.5 Å². The number of nitrogens with one attached hydrogen (secondary N) is 4. The molecule has 4 atom stereocenters. The molecule has 0 radical (unpaired) electrons. The molecule has 0 unspecified atom stereocenters. The maximum absolute atomic E-state index is 14.1. The van der Waals surface area contributed by atoms with Crippen LogP contribution in [-0.4, -0.2) is 99.8 Å². The second-order valence-electron chi connectivity index (χ2n) is 11.1. The van der Waals surface area contributed by atoms with Crippen LogP contribution < -0.4 is 16.0 Å². The van der Waals surface area contributed by atoms with Gasteiger partial charge in [-0.15, -0.1) is 0 Å². The van der Waals surface area contributed by atoms with Gasteiger partial charge in [0, 0.05) is 62.9 Å². The number of nitrogens with zero attached hydrogens (tertiary/aromatic N) is 2. The van der Waals surface area contributed by atoms with Crippen molar-refractivity contribution in [2.45, 2.75) is 50.4 Å². The molecular formula is C31H36N6O6. The molecule has 5 amide bonds. The molecule has 5 rings (SSSR count). The SMILES string of the molecule is CC(=O)N1CCNC(=O)[C@H](Cc2ccccc2)NC(=O)[C@@H]2C[C@@H](O)CN2C(=O)[C@@H](Cc2c[nH]c3ccccc23)NC(=O)C1. The molecule has 2 aliphatic heterocycles. The first kappa shape index (κ1) is 29.8. The molecule has 2 aliphatic rings. The largest absolute Gasteiger partial charge is 0.391 e. The van der Waals surface area contributed by atoms with Gasteiger partial charge in [0.05, 0.1) is 12.6 Å². The third kappa shape index (κ3) is 7.03. The number of amides is 5. The Morgan fingerprint density at radius 3 is 2.44 bits per heavy atom. The van der Waals surface area contributed by atoms with Crippen LogP contribution in [0.2, 0.25) is 0 Å². The van der Waals surface area contributed by atoms with Crippen LogP contribution in [0.5, 0.6) is 0 Å². The lowest BCUT2D eigenvalue weighted by atomic mass is 10.0. The third-order valence-electron chi connectivity index (χ3n) is 7.97. The predicted molar refractivity (Wildman–Crippen MR) is 157 cm³/mol. The second-order valence-corrected chi connectivity index (χ2v) is 11.1. The topological polar surface area (TPSA) is 164 Å². The number of aromatic amines is 1. The summed E-state index contributed by atoms with van der Waals surface area (Å²) in [6.07, 6.45) is 1.12. The highest BCUT2D eigenvalue weighted by molar-refractivity contribution is 5.96. The van der Waals surface area contributed by atoms with E-state index in [0.717, 1.165) is 22.0 Å². The molecule has 12 heteroatoms. The van der Waals surface area contributed by atoms with E-state index in [9.17, 15) is 29.1 Å². The van der Waals surface area contributed by atoms with Gasteiger partial charge in [0.25, 0.3) is 0 Å². The van der Waals surface area contributed by atoms with Crippen molar-refractivity contribution in [3.63, 3.8) is 0 Å². The van der Waals surface area contributed by atoms with Gasteiger partial charge in [-0.05, 0) is 17.2 Å². The molecule has 0 spiro atoms. The first-order chi connectivity index (χ1) is 20.7. The molecular weight excluding hydrogens is 552 g/mol. The highest BCUT2D eigenvalue weighted by atomic mass is 16.3. The number of H-pyrrole nitrogens is 1. The monoisotopic (exact) mass is 588 g/mol. The van der Waals surface area contributed by atoms with Crippen molar-refractivity contribution in [2.24, 2.45) is 0 Å². The number of rotatable bonds is 4. The summed E-state index contributed by atoms with van der Waals surface area (Å²) in [6.45, 7) is 1.01. The normalized spacial score (nSPS) is 24.0. The summed E-state index contributed by atoms with van der Waals surface area (Å²) < 4.78 is 0. The highest BCUT2D eigenvalue weighted by Crippen LogP contribution is 2.23. The predicted octanol–water partition coefficient (Wildman–Crippen LogP) is -0.137. The van der Waals surface area contributed by atoms with Crippen LogP contribution in [0, 0.1) is 0 Å². The van der Waals surface area contributed by atoms with Crippen molar-refractivity contribution < 1.29 is 29.1 Å². The van der Waals surface area contributed by atoms with Crippen LogP contribution in [0.3, 0.4) is 0 Å². The number of hydrogen-bond acceptors (Lipinski definition) is 6. The summed E-state index contributed by atoms with van der Waals surface area (Å²) in [5, 5.41) is 19.8. The fraction of sp³-hybridized carbons (Fsp3) is 0.387. The highest BCUT2D eigenvalue weighted by Gasteiger charge is 2.42. The fourth-order valence-corrected chi connectivity index (χ4v) is 5.75. The van der Waals surface area contributed by atoms with Gasteiger partial charge in [0.1, 0.15) is 18.1 Å². The molecule has 0 bridgehead atoms. The third-order valence-corrected chi connectivity index (χ3v) is 7.97. The Kier molecular flexibility index (Phi) is 9.05. The minimum Gasteiger partial charge on any atom is -0.391 e. The van der Waals surface area contributed by atoms with Crippen LogP contribution in [0.1, 0.15) is 24.5 Å². The average Bonchev–Trinajstić information content (AvgIpc) is 3.59. The van der Waals surface area contributed by atoms with Crippen LogP contribution in [-0.2, 0) is 36.8 Å². The van der Waals surface area contributed by atoms with Gasteiger partial charge >= 0.3 is 0 Å². The molecule has 43 heavy (non-hydrogen) atoms. The molecule has 1 aromatic heterocycles. The summed E-state index contributed by atoms with van der Waals surface area (Å²) in [4.78, 5) is 72.3. The smallest absolute Gasteiger partial charge is 0.246 e. The molecule has 226 valence electrons. The Balaban J connectivity index is 1.47. The number of benzene rings is 2. The number of aromatic nitrogens is 1. The minimum atomic E-state index is -1.08. The molecule has 3 heterocycles. The quantitative estimate of drug-likeness (QED) is 0.285. The summed E-state index contributed by atoms with van der Waals surface area (Å²) in [6, 6.07) is 13.7. The summed E-state index contributed by atoms with van der Waals surface area (Å²) in [5.74, 6) is -2.50. The van der Waals surface area contributed by atoms with E-state index in [1.165, 1.54) is 16.7 Å². The lowest BCUT2D eigenvalue weighted by Crippen LogP contribution is -2.57. The maximum Gasteiger partial charge on any atom is 0.246 e. The number of para-hydroxylation sites is 1. The zero-order valence-electron chi connectivity index (χ0n) is 23.9. The van der Waals surface area contributed by atoms with Crippen molar-refractivity contribution in [3.8, 4) is 0 Å². The molecule has 0 saturated carbocycles. The Morgan fingerprint density at radius 2 is 1.67 bits per heavy atom. The number of aliphatic hydroxyl groups is 1. The Bertz CT molecular complexity index is 1510. The molecule has 0 aliphatic carbocycles. The Morgan fingerprint density at radius 1 is 0.930 bits per heavy atom. The zero-order valence-corrected chi connectivity index (χ0v) is 23.9. The van der Waals surface area contributed by atoms with E-state index in [1.807, 2.05) is 54.6 Å². The molecule has 5 N–H and O–H groups in total. The Hall–Kier alpha value is -4.71. The number of carbonyl (C=O) groups excluding carboxylic acids is 5. The summed E-state index contributed by atoms with van der Waals surface area (Å²) in [7, 11) is 0. The molecule has 12 nitrogen and oxygen atoms in total. The number of hydrogen-bond donors (Lipinski definition) is 5. The first-order valence-electron chi connectivity index (χ1n) is 14.4. The summed E-state index contributed by atoms with van der Waals surface area (Å²) in [5.41, 5.74) is 2.47. The van der Waals surface area contributed by atoms with Crippen LogP contribution >= 0.6 is 0 Å². The van der Waals surface area contributed by atoms with Gasteiger partial charge < -0.3 is 35.8 Å². The van der Waals surface area contributed by atoms with E-state index in [1.54, 1.807) is 6.20 Å². The van der Waals surface area contributed by atoms with Gasteiger partial charge in [0.15, 0.2) is 0 Å². The van der Waals surface area contributed by atoms with Gasteiger partial charge in [-0.1, -0.05) is 48.5 Å². The Labute approximate surface area is 248 Å². The van der Waals surface area contributed by atoms with E-state index >= 15 is 0 Å². The first-order valence-corrected chi connectivity index (χ1v) is 14.4. The average molecular weight is 589 g/mol. The van der Waals surface area contributed by atoms with Crippen LogP contribution in [0.15, 0.2) is 60.8 Å². The maximum atomic E-state index is 14.1. The van der Waals surface area contributed by atoms with Crippen molar-refractivity contribution in [1.29, 1.82) is 0 Å². The number of carbonyl (C=O) groups is 5. The van der Waals surface area contributed by atoms with Crippen molar-refractivity contribution >= 4 is 40.4 Å². The van der Waals surface area contributed by atoms with Crippen molar-refractivity contribution in [2.75, 3.05) is 26.2 Å². The van der Waals surface area contributed by atoms with Crippen molar-refractivity contribution in [1.82, 2.24) is 30.7 Å². The minimum absolute atomic E-state index is 0.0108. The van der Waals surface area contributed by atoms with E-state index in [4.69, 9.17) is 0 Å². The second kappa shape index (κ2) is 13.1. The van der Waals surface area contributed by atoms with Crippen LogP contribution in [0.25, 0.3) is 10.9 Å². The summed E-state index contributed by atoms with van der Waals surface area (Å²) >= 11 is 0. The number of aliphatic hydroxyl groups excluding tert-OH is 1. The van der Waals surface area contributed by atoms with E-state index in [0.29, 0.717) is 0 Å². The van der Waals surface area contributed by atoms with Gasteiger partial charge in [-0.3, -0.25) is 24.0 Å². The van der Waals surface area contributed by atoms with E-state index < -0.39 is 47.9 Å². The van der Waals surface area contributed by atoms with Crippen LogP contribution in [0.4, 0.5) is 0 Å². The van der Waals surface area contributed by atoms with Crippen molar-refractivity contribution in [3.05, 3.63) is 71.9 Å². The van der Waals surface area contributed by atoms with Gasteiger partial charge in [-0.25, -0.2) is 0 Å². The fourth-order valence-electron chi connectivity index (χ4n) is 5.75.